The van der Waals surface area contributed by atoms with Crippen molar-refractivity contribution in [2.45, 2.75) is 26.7 Å². The second-order valence-corrected chi connectivity index (χ2v) is 5.78. The highest BCUT2D eigenvalue weighted by atomic mass is 79.9. The van der Waals surface area contributed by atoms with Gasteiger partial charge in [0.25, 0.3) is 0 Å². The van der Waals surface area contributed by atoms with Gasteiger partial charge in [-0.3, -0.25) is 0 Å². The Balaban J connectivity index is 2.14. The molecule has 0 saturated heterocycles. The molecule has 1 aromatic heterocycles. The fourth-order valence-corrected chi connectivity index (χ4v) is 2.37. The minimum Gasteiger partial charge on any atom is -0.341 e. The van der Waals surface area contributed by atoms with Crippen molar-refractivity contribution in [1.82, 2.24) is 9.97 Å². The lowest BCUT2D eigenvalue weighted by Crippen LogP contribution is -2.26. The van der Waals surface area contributed by atoms with Crippen LogP contribution in [0.25, 0.3) is 0 Å². The van der Waals surface area contributed by atoms with Crippen LogP contribution in [0.2, 0.25) is 0 Å². The Morgan fingerprint density at radius 3 is 2.33 bits per heavy atom. The van der Waals surface area contributed by atoms with Gasteiger partial charge >= 0.3 is 0 Å². The van der Waals surface area contributed by atoms with Crippen LogP contribution < -0.4 is 10.2 Å². The summed E-state index contributed by atoms with van der Waals surface area (Å²) in [5.74, 6) is 1.61. The highest BCUT2D eigenvalue weighted by Gasteiger charge is 2.08. The van der Waals surface area contributed by atoms with Crippen molar-refractivity contribution in [3.8, 4) is 0 Å². The average Bonchev–Trinajstić information content (AvgIpc) is 2.50. The molecule has 0 aliphatic heterocycles. The van der Waals surface area contributed by atoms with Crippen molar-refractivity contribution in [2.75, 3.05) is 23.3 Å². The number of hydrogen-bond donors (Lipinski definition) is 1. The zero-order chi connectivity index (χ0) is 15.1. The highest BCUT2D eigenvalue weighted by Crippen LogP contribution is 2.19. The van der Waals surface area contributed by atoms with E-state index in [0.29, 0.717) is 0 Å². The summed E-state index contributed by atoms with van der Waals surface area (Å²) in [5.41, 5.74) is 1.01. The van der Waals surface area contributed by atoms with E-state index in [2.05, 4.69) is 50.0 Å². The molecule has 0 amide bonds. The number of nitrogens with zero attached hydrogens (tertiary/aromatic N) is 3. The number of hydrogen-bond acceptors (Lipinski definition) is 4. The van der Waals surface area contributed by atoms with Crippen LogP contribution in [-0.4, -0.2) is 23.1 Å². The number of aromatic nitrogens is 2. The van der Waals surface area contributed by atoms with Crippen molar-refractivity contribution >= 4 is 33.4 Å². The van der Waals surface area contributed by atoms with E-state index in [9.17, 15) is 0 Å². The number of benzene rings is 1. The molecule has 112 valence electrons. The second-order valence-electron chi connectivity index (χ2n) is 4.86. The lowest BCUT2D eigenvalue weighted by Gasteiger charge is -2.21. The maximum atomic E-state index is 4.62. The predicted octanol–water partition coefficient (Wildman–Crippen LogP) is 4.61. The van der Waals surface area contributed by atoms with Gasteiger partial charge in [-0.05, 0) is 43.2 Å². The molecule has 0 saturated carbocycles. The minimum absolute atomic E-state index is 0.792. The topological polar surface area (TPSA) is 41.1 Å². The van der Waals surface area contributed by atoms with Crippen molar-refractivity contribution in [1.29, 1.82) is 0 Å². The largest absolute Gasteiger partial charge is 0.341 e. The van der Waals surface area contributed by atoms with Crippen LogP contribution in [0.4, 0.5) is 17.5 Å². The van der Waals surface area contributed by atoms with Crippen LogP contribution in [0.15, 0.2) is 41.0 Å². The van der Waals surface area contributed by atoms with Crippen molar-refractivity contribution < 1.29 is 0 Å². The van der Waals surface area contributed by atoms with Crippen molar-refractivity contribution in [3.63, 3.8) is 0 Å². The summed E-state index contributed by atoms with van der Waals surface area (Å²) in [4.78, 5) is 11.2. The fraction of sp³-hybridized carbons (Fsp3) is 0.375. The third-order valence-electron chi connectivity index (χ3n) is 3.03. The van der Waals surface area contributed by atoms with Gasteiger partial charge in [0.1, 0.15) is 5.82 Å². The van der Waals surface area contributed by atoms with E-state index in [1.807, 2.05) is 36.5 Å². The Hall–Kier alpha value is -1.62. The van der Waals surface area contributed by atoms with Crippen molar-refractivity contribution in [3.05, 3.63) is 41.0 Å². The Morgan fingerprint density at radius 2 is 1.71 bits per heavy atom. The van der Waals surface area contributed by atoms with E-state index in [1.165, 1.54) is 0 Å². The van der Waals surface area contributed by atoms with E-state index in [1.54, 1.807) is 0 Å². The molecule has 0 unspecified atom stereocenters. The molecule has 0 aliphatic rings. The van der Waals surface area contributed by atoms with Gasteiger partial charge in [-0.15, -0.1) is 0 Å². The molecule has 21 heavy (non-hydrogen) atoms. The molecular formula is C16H21BrN4. The number of rotatable bonds is 7. The van der Waals surface area contributed by atoms with E-state index in [-0.39, 0.29) is 0 Å². The summed E-state index contributed by atoms with van der Waals surface area (Å²) in [6, 6.07) is 9.93. The summed E-state index contributed by atoms with van der Waals surface area (Å²) in [5, 5.41) is 3.31. The molecule has 4 nitrogen and oxygen atoms in total. The molecule has 0 bridgehead atoms. The molecule has 2 aromatic rings. The molecular weight excluding hydrogens is 328 g/mol. The Bertz CT molecular complexity index is 550. The normalized spacial score (nSPS) is 10.4. The summed E-state index contributed by atoms with van der Waals surface area (Å²) in [6.07, 6.45) is 3.99. The highest BCUT2D eigenvalue weighted by molar-refractivity contribution is 9.10. The first-order chi connectivity index (χ1) is 10.2. The Morgan fingerprint density at radius 1 is 1.05 bits per heavy atom. The van der Waals surface area contributed by atoms with Gasteiger partial charge in [-0.25, -0.2) is 4.98 Å². The molecule has 1 heterocycles. The first kappa shape index (κ1) is 15.8. The molecule has 0 atom stereocenters. The Labute approximate surface area is 134 Å². The van der Waals surface area contributed by atoms with Gasteiger partial charge in [-0.1, -0.05) is 29.8 Å². The summed E-state index contributed by atoms with van der Waals surface area (Å²) in [6.45, 7) is 6.31. The van der Waals surface area contributed by atoms with Gasteiger partial charge in [0, 0.05) is 29.4 Å². The summed E-state index contributed by atoms with van der Waals surface area (Å²) in [7, 11) is 0. The van der Waals surface area contributed by atoms with Gasteiger partial charge in [0.05, 0.1) is 0 Å². The first-order valence-electron chi connectivity index (χ1n) is 7.33. The van der Waals surface area contributed by atoms with E-state index in [4.69, 9.17) is 0 Å². The van der Waals surface area contributed by atoms with Crippen molar-refractivity contribution in [2.24, 2.45) is 0 Å². The number of halogens is 1. The van der Waals surface area contributed by atoms with Crippen LogP contribution in [-0.2, 0) is 0 Å². The monoisotopic (exact) mass is 348 g/mol. The molecule has 2 rings (SSSR count). The first-order valence-corrected chi connectivity index (χ1v) is 8.12. The van der Waals surface area contributed by atoms with Crippen LogP contribution in [0.3, 0.4) is 0 Å². The molecule has 5 heteroatoms. The van der Waals surface area contributed by atoms with E-state index < -0.39 is 0 Å². The van der Waals surface area contributed by atoms with Crippen LogP contribution in [0.5, 0.6) is 0 Å². The predicted molar refractivity (Wildman–Crippen MR) is 92.3 cm³/mol. The summed E-state index contributed by atoms with van der Waals surface area (Å²) >= 11 is 3.44. The van der Waals surface area contributed by atoms with Gasteiger partial charge in [0.15, 0.2) is 0 Å². The van der Waals surface area contributed by atoms with Crippen LogP contribution in [0, 0.1) is 0 Å². The molecule has 0 radical (unpaired) electrons. The van der Waals surface area contributed by atoms with Gasteiger partial charge in [0.2, 0.25) is 5.95 Å². The molecule has 0 spiro atoms. The molecule has 0 aliphatic carbocycles. The second kappa shape index (κ2) is 7.98. The average molecular weight is 349 g/mol. The maximum Gasteiger partial charge on any atom is 0.227 e. The standard InChI is InChI=1S/C16H21BrN4/c1-3-11-21(12-4-2)16-18-10-9-15(20-16)19-14-7-5-13(17)6-8-14/h5-10H,3-4,11-12H2,1-2H3,(H,18,19,20). The molecule has 1 N–H and O–H groups in total. The maximum absolute atomic E-state index is 4.62. The quantitative estimate of drug-likeness (QED) is 0.793. The number of nitrogens with one attached hydrogen (secondary N) is 1. The molecule has 1 aromatic carbocycles. The lowest BCUT2D eigenvalue weighted by molar-refractivity contribution is 0.722. The zero-order valence-corrected chi connectivity index (χ0v) is 14.1. The van der Waals surface area contributed by atoms with E-state index in [0.717, 1.165) is 47.9 Å². The molecule has 0 fully saturated rings. The Kier molecular flexibility index (Phi) is 5.99. The van der Waals surface area contributed by atoms with Gasteiger partial charge < -0.3 is 10.2 Å². The minimum atomic E-state index is 0.792. The number of anilines is 3. The SMILES string of the molecule is CCCN(CCC)c1nccc(Nc2ccc(Br)cc2)n1. The smallest absolute Gasteiger partial charge is 0.227 e. The fourth-order valence-electron chi connectivity index (χ4n) is 2.10. The van der Waals surface area contributed by atoms with Crippen LogP contribution >= 0.6 is 15.9 Å². The third-order valence-corrected chi connectivity index (χ3v) is 3.56. The zero-order valence-electron chi connectivity index (χ0n) is 12.5. The summed E-state index contributed by atoms with van der Waals surface area (Å²) < 4.78 is 1.06. The van der Waals surface area contributed by atoms with Gasteiger partial charge in [-0.2, -0.15) is 4.98 Å². The van der Waals surface area contributed by atoms with Crippen LogP contribution in [0.1, 0.15) is 26.7 Å². The third kappa shape index (κ3) is 4.70. The lowest BCUT2D eigenvalue weighted by atomic mass is 10.3. The van der Waals surface area contributed by atoms with E-state index >= 15 is 0 Å².